The van der Waals surface area contributed by atoms with Gasteiger partial charge < -0.3 is 4.74 Å². The lowest BCUT2D eigenvalue weighted by Crippen LogP contribution is -2.28. The van der Waals surface area contributed by atoms with Crippen LogP contribution in [0.5, 0.6) is 0 Å². The number of allylic oxidation sites excluding steroid dienone is 3. The molecule has 2 aliphatic carbocycles. The molecular weight excluding hydrogens is 244 g/mol. The van der Waals surface area contributed by atoms with Gasteiger partial charge in [-0.3, -0.25) is 0 Å². The van der Waals surface area contributed by atoms with Crippen molar-refractivity contribution in [1.82, 2.24) is 0 Å². The van der Waals surface area contributed by atoms with Gasteiger partial charge >= 0.3 is 0 Å². The van der Waals surface area contributed by atoms with Crippen molar-refractivity contribution in [2.75, 3.05) is 6.61 Å². The van der Waals surface area contributed by atoms with Crippen LogP contribution >= 0.6 is 0 Å². The highest BCUT2D eigenvalue weighted by Gasteiger charge is 2.29. The first-order valence-electron chi connectivity index (χ1n) is 8.69. The van der Waals surface area contributed by atoms with E-state index < -0.39 is 0 Å². The molecular formula is C19H32O. The first kappa shape index (κ1) is 15.8. The van der Waals surface area contributed by atoms with Gasteiger partial charge in [0, 0.05) is 0 Å². The van der Waals surface area contributed by atoms with Gasteiger partial charge in [0.25, 0.3) is 0 Å². The van der Waals surface area contributed by atoms with Crippen molar-refractivity contribution in [2.45, 2.75) is 71.3 Å². The van der Waals surface area contributed by atoms with Crippen LogP contribution in [0.4, 0.5) is 0 Å². The number of hydrogen-bond donors (Lipinski definition) is 0. The minimum absolute atomic E-state index is 0.518. The minimum Gasteiger partial charge on any atom is -0.374 e. The van der Waals surface area contributed by atoms with E-state index >= 15 is 0 Å². The van der Waals surface area contributed by atoms with Crippen LogP contribution in [0.15, 0.2) is 24.3 Å². The molecule has 0 atom stereocenters. The molecule has 2 rings (SSSR count). The van der Waals surface area contributed by atoms with E-state index in [-0.39, 0.29) is 0 Å². The van der Waals surface area contributed by atoms with Gasteiger partial charge in [0.05, 0.1) is 12.7 Å². The van der Waals surface area contributed by atoms with E-state index in [2.05, 4.69) is 25.2 Å². The third-order valence-electron chi connectivity index (χ3n) is 5.31. The van der Waals surface area contributed by atoms with Gasteiger partial charge in [0.2, 0.25) is 0 Å². The minimum atomic E-state index is 0.518. The summed E-state index contributed by atoms with van der Waals surface area (Å²) in [5, 5.41) is 0. The van der Waals surface area contributed by atoms with Crippen molar-refractivity contribution in [1.29, 1.82) is 0 Å². The van der Waals surface area contributed by atoms with Crippen LogP contribution in [0.2, 0.25) is 0 Å². The molecule has 0 N–H and O–H groups in total. The summed E-state index contributed by atoms with van der Waals surface area (Å²) in [5.74, 6) is 3.01. The predicted octanol–water partition coefficient (Wildman–Crippen LogP) is 5.52. The van der Waals surface area contributed by atoms with Crippen LogP contribution in [0, 0.1) is 17.8 Å². The van der Waals surface area contributed by atoms with Crippen LogP contribution in [0.25, 0.3) is 0 Å². The zero-order chi connectivity index (χ0) is 14.2. The van der Waals surface area contributed by atoms with Crippen LogP contribution < -0.4 is 0 Å². The SMILES string of the molecule is C/C=C/C=C/COC1CCC(C2CCC(C)CC2)CC1. The molecule has 0 heterocycles. The Labute approximate surface area is 125 Å². The summed E-state index contributed by atoms with van der Waals surface area (Å²) in [6.45, 7) is 5.24. The van der Waals surface area contributed by atoms with Crippen molar-refractivity contribution in [3.63, 3.8) is 0 Å². The maximum Gasteiger partial charge on any atom is 0.0654 e. The summed E-state index contributed by atoms with van der Waals surface area (Å²) < 4.78 is 5.96. The first-order valence-corrected chi connectivity index (χ1v) is 8.69. The van der Waals surface area contributed by atoms with Gasteiger partial charge in [-0.15, -0.1) is 0 Å². The molecule has 2 saturated carbocycles. The predicted molar refractivity (Wildman–Crippen MR) is 86.8 cm³/mol. The van der Waals surface area contributed by atoms with Gasteiger partial charge in [-0.2, -0.15) is 0 Å². The second-order valence-corrected chi connectivity index (χ2v) is 6.84. The molecule has 0 aromatic carbocycles. The van der Waals surface area contributed by atoms with Crippen LogP contribution in [0.3, 0.4) is 0 Å². The van der Waals surface area contributed by atoms with Crippen molar-refractivity contribution in [2.24, 2.45) is 17.8 Å². The average Bonchev–Trinajstić information content (AvgIpc) is 2.49. The van der Waals surface area contributed by atoms with E-state index in [1.54, 1.807) is 0 Å². The van der Waals surface area contributed by atoms with E-state index in [0.717, 1.165) is 24.4 Å². The Kier molecular flexibility index (Phi) is 6.86. The summed E-state index contributed by atoms with van der Waals surface area (Å²) in [4.78, 5) is 0. The normalized spacial score (nSPS) is 35.9. The summed E-state index contributed by atoms with van der Waals surface area (Å²) in [5.41, 5.74) is 0. The summed E-state index contributed by atoms with van der Waals surface area (Å²) in [6, 6.07) is 0. The van der Waals surface area contributed by atoms with Crippen LogP contribution in [-0.2, 0) is 4.74 Å². The zero-order valence-corrected chi connectivity index (χ0v) is 13.4. The largest absolute Gasteiger partial charge is 0.374 e. The summed E-state index contributed by atoms with van der Waals surface area (Å²) >= 11 is 0. The molecule has 0 radical (unpaired) electrons. The molecule has 114 valence electrons. The fourth-order valence-electron chi connectivity index (χ4n) is 3.92. The highest BCUT2D eigenvalue weighted by Crippen LogP contribution is 2.40. The summed E-state index contributed by atoms with van der Waals surface area (Å²) in [7, 11) is 0. The first-order chi connectivity index (χ1) is 9.79. The van der Waals surface area contributed by atoms with Gasteiger partial charge in [-0.25, -0.2) is 0 Å². The van der Waals surface area contributed by atoms with Crippen LogP contribution in [0.1, 0.15) is 65.2 Å². The number of hydrogen-bond acceptors (Lipinski definition) is 1. The standard InChI is InChI=1S/C19H32O/c1-3-4-5-6-15-20-19-13-11-18(12-14-19)17-9-7-16(2)8-10-17/h3-6,16-19H,7-15H2,1-2H3/b4-3+,6-5+. The molecule has 0 spiro atoms. The molecule has 1 nitrogen and oxygen atoms in total. The molecule has 2 fully saturated rings. The van der Waals surface area contributed by atoms with E-state index in [0.29, 0.717) is 6.10 Å². The second kappa shape index (κ2) is 8.67. The van der Waals surface area contributed by atoms with Gasteiger partial charge in [0.15, 0.2) is 0 Å². The molecule has 1 heteroatoms. The number of ether oxygens (including phenoxy) is 1. The maximum atomic E-state index is 5.96. The summed E-state index contributed by atoms with van der Waals surface area (Å²) in [6.07, 6.45) is 20.1. The molecule has 0 amide bonds. The van der Waals surface area contributed by atoms with Crippen LogP contribution in [-0.4, -0.2) is 12.7 Å². The molecule has 0 saturated heterocycles. The Morgan fingerprint density at radius 2 is 1.45 bits per heavy atom. The van der Waals surface area contributed by atoms with Crippen molar-refractivity contribution in [3.8, 4) is 0 Å². The van der Waals surface area contributed by atoms with E-state index in [1.165, 1.54) is 51.4 Å². The number of rotatable bonds is 5. The molecule has 2 aliphatic rings. The van der Waals surface area contributed by atoms with Gasteiger partial charge in [0.1, 0.15) is 0 Å². The smallest absolute Gasteiger partial charge is 0.0654 e. The van der Waals surface area contributed by atoms with Gasteiger partial charge in [-0.1, -0.05) is 44.1 Å². The highest BCUT2D eigenvalue weighted by molar-refractivity contribution is 5.01. The Balaban J connectivity index is 1.62. The lowest BCUT2D eigenvalue weighted by Gasteiger charge is -2.37. The van der Waals surface area contributed by atoms with E-state index in [1.807, 2.05) is 13.0 Å². The highest BCUT2D eigenvalue weighted by atomic mass is 16.5. The molecule has 0 aromatic rings. The second-order valence-electron chi connectivity index (χ2n) is 6.84. The molecule has 0 aromatic heterocycles. The monoisotopic (exact) mass is 276 g/mol. The molecule has 0 aliphatic heterocycles. The lowest BCUT2D eigenvalue weighted by atomic mass is 9.71. The average molecular weight is 276 g/mol. The third-order valence-corrected chi connectivity index (χ3v) is 5.31. The molecule has 0 unspecified atom stereocenters. The van der Waals surface area contributed by atoms with Gasteiger partial charge in [-0.05, 0) is 63.2 Å². The fraction of sp³-hybridized carbons (Fsp3) is 0.789. The maximum absolute atomic E-state index is 5.96. The van der Waals surface area contributed by atoms with E-state index in [4.69, 9.17) is 4.74 Å². The third kappa shape index (κ3) is 5.09. The molecule has 0 bridgehead atoms. The van der Waals surface area contributed by atoms with Crippen molar-refractivity contribution in [3.05, 3.63) is 24.3 Å². The van der Waals surface area contributed by atoms with Crippen molar-refractivity contribution < 1.29 is 4.74 Å². The zero-order valence-electron chi connectivity index (χ0n) is 13.4. The fourth-order valence-corrected chi connectivity index (χ4v) is 3.92. The lowest BCUT2D eigenvalue weighted by molar-refractivity contribution is 0.0215. The van der Waals surface area contributed by atoms with Crippen molar-refractivity contribution >= 4 is 0 Å². The Morgan fingerprint density at radius 3 is 2.05 bits per heavy atom. The Bertz CT molecular complexity index is 302. The topological polar surface area (TPSA) is 9.23 Å². The molecule has 20 heavy (non-hydrogen) atoms. The quantitative estimate of drug-likeness (QED) is 0.601. The Hall–Kier alpha value is -0.560. The van der Waals surface area contributed by atoms with E-state index in [9.17, 15) is 0 Å². The Morgan fingerprint density at radius 1 is 0.850 bits per heavy atom.